The summed E-state index contributed by atoms with van der Waals surface area (Å²) >= 11 is 0. The quantitative estimate of drug-likeness (QED) is 0.681. The van der Waals surface area contributed by atoms with Gasteiger partial charge in [0.15, 0.2) is 0 Å². The molecule has 1 fully saturated rings. The van der Waals surface area contributed by atoms with Gasteiger partial charge in [0.1, 0.15) is 0 Å². The summed E-state index contributed by atoms with van der Waals surface area (Å²) in [6, 6.07) is 1.15. The van der Waals surface area contributed by atoms with E-state index >= 15 is 0 Å². The highest BCUT2D eigenvalue weighted by molar-refractivity contribution is 5.71. The van der Waals surface area contributed by atoms with Crippen molar-refractivity contribution in [3.63, 3.8) is 0 Å². The predicted molar refractivity (Wildman–Crippen MR) is 69.0 cm³/mol. The van der Waals surface area contributed by atoms with Crippen molar-refractivity contribution in [2.45, 2.75) is 45.7 Å². The molecule has 1 aliphatic rings. The number of carbonyl (C=O) groups is 1. The van der Waals surface area contributed by atoms with Crippen LogP contribution in [0.4, 0.5) is 0 Å². The molecule has 0 aromatic heterocycles. The van der Waals surface area contributed by atoms with Gasteiger partial charge in [-0.1, -0.05) is 0 Å². The number of carbonyl (C=O) groups excluding carboxylic acids is 1. The smallest absolute Gasteiger partial charge is 0.320 e. The third-order valence-electron chi connectivity index (χ3n) is 3.54. The number of likely N-dealkylation sites (N-methyl/N-ethyl adjacent to an activating group) is 1. The van der Waals surface area contributed by atoms with Crippen LogP contribution in [0, 0.1) is 0 Å². The third-order valence-corrected chi connectivity index (χ3v) is 3.54. The molecular weight excluding hydrogens is 216 g/mol. The van der Waals surface area contributed by atoms with Crippen molar-refractivity contribution in [3.8, 4) is 0 Å². The van der Waals surface area contributed by atoms with E-state index < -0.39 is 0 Å². The Balaban J connectivity index is 2.30. The van der Waals surface area contributed by atoms with Gasteiger partial charge in [0.2, 0.25) is 0 Å². The normalized spacial score (nSPS) is 18.9. The van der Waals surface area contributed by atoms with Crippen molar-refractivity contribution in [1.82, 2.24) is 9.80 Å². The van der Waals surface area contributed by atoms with E-state index in [1.807, 2.05) is 14.0 Å². The molecule has 0 amide bonds. The van der Waals surface area contributed by atoms with Crippen LogP contribution in [0.3, 0.4) is 0 Å². The van der Waals surface area contributed by atoms with Gasteiger partial charge in [-0.3, -0.25) is 9.69 Å². The van der Waals surface area contributed by atoms with Gasteiger partial charge in [-0.05, 0) is 53.8 Å². The molecule has 1 saturated heterocycles. The molecule has 0 aromatic carbocycles. The Bertz CT molecular complexity index is 236. The number of piperidine rings is 1. The van der Waals surface area contributed by atoms with Gasteiger partial charge in [-0.15, -0.1) is 0 Å². The van der Waals surface area contributed by atoms with Crippen molar-refractivity contribution in [3.05, 3.63) is 0 Å². The average Bonchev–Trinajstić information content (AvgIpc) is 2.29. The molecule has 1 rings (SSSR count). The zero-order valence-corrected chi connectivity index (χ0v) is 11.6. The number of hydrogen-bond donors (Lipinski definition) is 0. The lowest BCUT2D eigenvalue weighted by Gasteiger charge is -2.38. The summed E-state index contributed by atoms with van der Waals surface area (Å²) in [6.07, 6.45) is 2.29. The molecule has 0 radical (unpaired) electrons. The van der Waals surface area contributed by atoms with Crippen LogP contribution in [0.2, 0.25) is 0 Å². The molecule has 0 atom stereocenters. The second-order valence-electron chi connectivity index (χ2n) is 5.08. The molecule has 0 N–H and O–H groups in total. The Hall–Kier alpha value is -0.610. The number of hydrogen-bond acceptors (Lipinski definition) is 4. The van der Waals surface area contributed by atoms with Crippen molar-refractivity contribution < 1.29 is 9.53 Å². The lowest BCUT2D eigenvalue weighted by atomic mass is 10.0. The Kier molecular flexibility index (Phi) is 5.92. The molecule has 0 saturated carbocycles. The van der Waals surface area contributed by atoms with E-state index in [0.717, 1.165) is 25.9 Å². The van der Waals surface area contributed by atoms with E-state index in [1.165, 1.54) is 0 Å². The fourth-order valence-corrected chi connectivity index (χ4v) is 2.38. The molecule has 17 heavy (non-hydrogen) atoms. The van der Waals surface area contributed by atoms with E-state index in [4.69, 9.17) is 4.74 Å². The lowest BCUT2D eigenvalue weighted by molar-refractivity contribution is -0.144. The van der Waals surface area contributed by atoms with Gasteiger partial charge in [-0.2, -0.15) is 0 Å². The number of nitrogens with zero attached hydrogens (tertiary/aromatic N) is 2. The van der Waals surface area contributed by atoms with Crippen LogP contribution in [-0.2, 0) is 9.53 Å². The molecule has 100 valence electrons. The first kappa shape index (κ1) is 14.5. The van der Waals surface area contributed by atoms with Gasteiger partial charge in [0.25, 0.3) is 0 Å². The number of likely N-dealkylation sites (tertiary alicyclic amines) is 1. The van der Waals surface area contributed by atoms with Gasteiger partial charge in [0.05, 0.1) is 13.2 Å². The molecule has 1 aliphatic heterocycles. The maximum atomic E-state index is 11.4. The SMILES string of the molecule is CCOC(=O)CN(C)C1CCN(C(C)C)CC1. The molecular formula is C13H26N2O2. The summed E-state index contributed by atoms with van der Waals surface area (Å²) in [5.74, 6) is -0.110. The highest BCUT2D eigenvalue weighted by atomic mass is 16.5. The topological polar surface area (TPSA) is 32.8 Å². The number of ether oxygens (including phenoxy) is 1. The average molecular weight is 242 g/mol. The first-order valence-electron chi connectivity index (χ1n) is 6.64. The van der Waals surface area contributed by atoms with Crippen LogP contribution >= 0.6 is 0 Å². The lowest BCUT2D eigenvalue weighted by Crippen LogP contribution is -2.46. The predicted octanol–water partition coefficient (Wildman–Crippen LogP) is 1.35. The highest BCUT2D eigenvalue weighted by Gasteiger charge is 2.24. The fraction of sp³-hybridized carbons (Fsp3) is 0.923. The summed E-state index contributed by atoms with van der Waals surface area (Å²) < 4.78 is 4.97. The molecule has 0 spiro atoms. The van der Waals surface area contributed by atoms with Gasteiger partial charge >= 0.3 is 5.97 Å². The standard InChI is InChI=1S/C13H26N2O2/c1-5-17-13(16)10-14(4)12-6-8-15(9-7-12)11(2)3/h11-12H,5-10H2,1-4H3. The molecule has 4 nitrogen and oxygen atoms in total. The van der Waals surface area contributed by atoms with Crippen LogP contribution in [0.25, 0.3) is 0 Å². The third kappa shape index (κ3) is 4.64. The van der Waals surface area contributed by atoms with Gasteiger partial charge in [0, 0.05) is 12.1 Å². The fourth-order valence-electron chi connectivity index (χ4n) is 2.38. The van der Waals surface area contributed by atoms with Crippen molar-refractivity contribution in [2.75, 3.05) is 33.3 Å². The zero-order valence-electron chi connectivity index (χ0n) is 11.6. The summed E-state index contributed by atoms with van der Waals surface area (Å²) in [6.45, 7) is 9.48. The number of esters is 1. The molecule has 1 heterocycles. The first-order valence-corrected chi connectivity index (χ1v) is 6.64. The largest absolute Gasteiger partial charge is 0.465 e. The van der Waals surface area contributed by atoms with Crippen LogP contribution in [-0.4, -0.2) is 61.1 Å². The molecule has 0 unspecified atom stereocenters. The summed E-state index contributed by atoms with van der Waals surface area (Å²) in [5, 5.41) is 0. The molecule has 4 heteroatoms. The second-order valence-corrected chi connectivity index (χ2v) is 5.08. The van der Waals surface area contributed by atoms with Crippen molar-refractivity contribution in [2.24, 2.45) is 0 Å². The van der Waals surface area contributed by atoms with Gasteiger partial charge < -0.3 is 9.64 Å². The molecule has 0 aliphatic carbocycles. The second kappa shape index (κ2) is 6.97. The Labute approximate surface area is 105 Å². The number of rotatable bonds is 5. The first-order chi connectivity index (χ1) is 8.04. The molecule has 0 aromatic rings. The van der Waals surface area contributed by atoms with Crippen molar-refractivity contribution in [1.29, 1.82) is 0 Å². The van der Waals surface area contributed by atoms with E-state index in [0.29, 0.717) is 25.2 Å². The maximum absolute atomic E-state index is 11.4. The van der Waals surface area contributed by atoms with Crippen LogP contribution in [0.1, 0.15) is 33.6 Å². The molecule has 0 bridgehead atoms. The monoisotopic (exact) mass is 242 g/mol. The minimum absolute atomic E-state index is 0.110. The maximum Gasteiger partial charge on any atom is 0.320 e. The Morgan fingerprint density at radius 1 is 1.41 bits per heavy atom. The minimum atomic E-state index is -0.110. The van der Waals surface area contributed by atoms with Crippen LogP contribution in [0.15, 0.2) is 0 Å². The van der Waals surface area contributed by atoms with Crippen LogP contribution in [0.5, 0.6) is 0 Å². The van der Waals surface area contributed by atoms with Crippen molar-refractivity contribution >= 4 is 5.97 Å². The highest BCUT2D eigenvalue weighted by Crippen LogP contribution is 2.16. The Morgan fingerprint density at radius 2 is 2.00 bits per heavy atom. The van der Waals surface area contributed by atoms with Crippen LogP contribution < -0.4 is 0 Å². The van der Waals surface area contributed by atoms with E-state index in [9.17, 15) is 4.79 Å². The summed E-state index contributed by atoms with van der Waals surface area (Å²) in [7, 11) is 2.02. The van der Waals surface area contributed by atoms with E-state index in [2.05, 4.69) is 23.6 Å². The Morgan fingerprint density at radius 3 is 2.47 bits per heavy atom. The minimum Gasteiger partial charge on any atom is -0.465 e. The van der Waals surface area contributed by atoms with E-state index in [1.54, 1.807) is 0 Å². The van der Waals surface area contributed by atoms with Gasteiger partial charge in [-0.25, -0.2) is 0 Å². The zero-order chi connectivity index (χ0) is 12.8. The summed E-state index contributed by atoms with van der Waals surface area (Å²) in [4.78, 5) is 16.0. The summed E-state index contributed by atoms with van der Waals surface area (Å²) in [5.41, 5.74) is 0. The van der Waals surface area contributed by atoms with E-state index in [-0.39, 0.29) is 5.97 Å².